The van der Waals surface area contributed by atoms with E-state index < -0.39 is 105 Å². The summed E-state index contributed by atoms with van der Waals surface area (Å²) >= 11 is 0. The number of aliphatic hydroxyl groups is 7. The lowest BCUT2D eigenvalue weighted by Gasteiger charge is -2.46. The molecule has 0 radical (unpaired) electrons. The molecule has 2 aromatic rings. The van der Waals surface area contributed by atoms with E-state index in [1.54, 1.807) is 12.1 Å². The van der Waals surface area contributed by atoms with Gasteiger partial charge in [0.05, 0.1) is 46.8 Å². The predicted octanol–water partition coefficient (Wildman–Crippen LogP) is -1.94. The second-order valence-electron chi connectivity index (χ2n) is 13.3. The Kier molecular flexibility index (Phi) is 14.3. The standard InChI is InChI=1S/C36H48O19/c1-17-26(41)27(42)28(43)34(52-17)55-31-29(44)33(49-11-10-19-5-8-22(47-2)21(39)12-19)53-24(14-50-35-32(45)36(46,15-37)16-51-35)30(31)54-25(40)9-6-18-4-7-20(38)23(13-18)48-3/h4-9,12-13,17,24,26-35,37-39,41-46H,10-11,14-16H2,1-3H3. The molecule has 2 aromatic carbocycles. The van der Waals surface area contributed by atoms with Crippen LogP contribution in [0.15, 0.2) is 42.5 Å². The van der Waals surface area contributed by atoms with Gasteiger partial charge >= 0.3 is 5.97 Å². The lowest BCUT2D eigenvalue weighted by atomic mass is 9.96. The van der Waals surface area contributed by atoms with Crippen LogP contribution in [0.1, 0.15) is 18.1 Å². The molecule has 13 atom stereocenters. The lowest BCUT2D eigenvalue weighted by molar-refractivity contribution is -0.360. The molecule has 0 spiro atoms. The van der Waals surface area contributed by atoms with Gasteiger partial charge in [-0.05, 0) is 54.8 Å². The quantitative estimate of drug-likeness (QED) is 0.0701. The summed E-state index contributed by atoms with van der Waals surface area (Å²) in [5.74, 6) is -0.850. The highest BCUT2D eigenvalue weighted by Gasteiger charge is 2.54. The van der Waals surface area contributed by atoms with Gasteiger partial charge in [-0.15, -0.1) is 0 Å². The molecule has 55 heavy (non-hydrogen) atoms. The summed E-state index contributed by atoms with van der Waals surface area (Å²) in [4.78, 5) is 13.4. The zero-order valence-electron chi connectivity index (χ0n) is 30.2. The van der Waals surface area contributed by atoms with Crippen molar-refractivity contribution in [3.8, 4) is 23.0 Å². The van der Waals surface area contributed by atoms with Crippen LogP contribution in [0, 0.1) is 0 Å². The van der Waals surface area contributed by atoms with Crippen molar-refractivity contribution in [3.05, 3.63) is 53.6 Å². The molecule has 0 bridgehead atoms. The largest absolute Gasteiger partial charge is 0.504 e. The molecule has 3 fully saturated rings. The van der Waals surface area contributed by atoms with Gasteiger partial charge in [0.15, 0.2) is 48.0 Å². The van der Waals surface area contributed by atoms with E-state index in [-0.39, 0.29) is 36.0 Å². The Hall–Kier alpha value is -3.67. The molecular weight excluding hydrogens is 736 g/mol. The molecule has 3 saturated heterocycles. The number of ether oxygens (including phenoxy) is 9. The second kappa shape index (κ2) is 18.5. The predicted molar refractivity (Wildman–Crippen MR) is 184 cm³/mol. The first-order valence-electron chi connectivity index (χ1n) is 17.4. The van der Waals surface area contributed by atoms with Gasteiger partial charge in [-0.2, -0.15) is 0 Å². The highest BCUT2D eigenvalue weighted by atomic mass is 16.8. The number of esters is 1. The van der Waals surface area contributed by atoms with Crippen molar-refractivity contribution in [2.45, 2.75) is 92.8 Å². The molecule has 19 nitrogen and oxygen atoms in total. The first kappa shape index (κ1) is 42.5. The number of carbonyl (C=O) groups is 1. The van der Waals surface area contributed by atoms with E-state index in [4.69, 9.17) is 42.6 Å². The third-order valence-electron chi connectivity index (χ3n) is 9.50. The fourth-order valence-electron chi connectivity index (χ4n) is 6.19. The lowest BCUT2D eigenvalue weighted by Crippen LogP contribution is -2.65. The minimum Gasteiger partial charge on any atom is -0.504 e. The Morgan fingerprint density at radius 3 is 2.27 bits per heavy atom. The van der Waals surface area contributed by atoms with Crippen LogP contribution < -0.4 is 9.47 Å². The first-order chi connectivity index (χ1) is 26.2. The Labute approximate surface area is 315 Å². The maximum absolute atomic E-state index is 13.4. The summed E-state index contributed by atoms with van der Waals surface area (Å²) in [6.45, 7) is -0.579. The summed E-state index contributed by atoms with van der Waals surface area (Å²) in [7, 11) is 2.75. The van der Waals surface area contributed by atoms with Crippen molar-refractivity contribution in [1.29, 1.82) is 0 Å². The minimum absolute atomic E-state index is 0.102. The number of benzene rings is 2. The number of carbonyl (C=O) groups excluding carboxylic acids is 1. The fourth-order valence-corrected chi connectivity index (χ4v) is 6.19. The fraction of sp³-hybridized carbons (Fsp3) is 0.583. The summed E-state index contributed by atoms with van der Waals surface area (Å²) in [5, 5.41) is 94.0. The van der Waals surface area contributed by atoms with Crippen LogP contribution in [0.4, 0.5) is 0 Å². The molecule has 3 aliphatic heterocycles. The van der Waals surface area contributed by atoms with Crippen LogP contribution >= 0.6 is 0 Å². The van der Waals surface area contributed by atoms with Crippen LogP contribution in [0.5, 0.6) is 23.0 Å². The van der Waals surface area contributed by atoms with Crippen molar-refractivity contribution in [2.75, 3.05) is 40.6 Å². The van der Waals surface area contributed by atoms with E-state index in [1.165, 1.54) is 51.5 Å². The maximum Gasteiger partial charge on any atom is 0.331 e. The van der Waals surface area contributed by atoms with Gasteiger partial charge in [-0.1, -0.05) is 12.1 Å². The summed E-state index contributed by atoms with van der Waals surface area (Å²) < 4.78 is 50.6. The number of phenols is 2. The van der Waals surface area contributed by atoms with Crippen LogP contribution in [0.2, 0.25) is 0 Å². The molecule has 0 aromatic heterocycles. The van der Waals surface area contributed by atoms with E-state index in [9.17, 15) is 50.8 Å². The van der Waals surface area contributed by atoms with Crippen LogP contribution in [0.25, 0.3) is 6.08 Å². The molecule has 0 amide bonds. The second-order valence-corrected chi connectivity index (χ2v) is 13.3. The highest BCUT2D eigenvalue weighted by Crippen LogP contribution is 2.34. The number of aromatic hydroxyl groups is 2. The number of methoxy groups -OCH3 is 2. The normalized spacial score (nSPS) is 35.2. The van der Waals surface area contributed by atoms with Crippen LogP contribution in [-0.2, 0) is 44.4 Å². The zero-order valence-corrected chi connectivity index (χ0v) is 30.2. The first-order valence-corrected chi connectivity index (χ1v) is 17.4. The number of hydrogen-bond acceptors (Lipinski definition) is 19. The molecule has 19 heteroatoms. The average molecular weight is 785 g/mol. The highest BCUT2D eigenvalue weighted by molar-refractivity contribution is 5.87. The van der Waals surface area contributed by atoms with Gasteiger partial charge in [-0.25, -0.2) is 4.79 Å². The molecule has 3 aliphatic rings. The smallest absolute Gasteiger partial charge is 0.331 e. The topological polar surface area (TPSA) is 282 Å². The van der Waals surface area contributed by atoms with E-state index in [1.807, 2.05) is 0 Å². The third kappa shape index (κ3) is 9.84. The number of aliphatic hydroxyl groups excluding tert-OH is 6. The third-order valence-corrected chi connectivity index (χ3v) is 9.50. The van der Waals surface area contributed by atoms with Gasteiger partial charge in [0.2, 0.25) is 0 Å². The van der Waals surface area contributed by atoms with Crippen LogP contribution in [-0.4, -0.2) is 172 Å². The van der Waals surface area contributed by atoms with Crippen molar-refractivity contribution >= 4 is 12.0 Å². The van der Waals surface area contributed by atoms with Crippen LogP contribution in [0.3, 0.4) is 0 Å². The summed E-state index contributed by atoms with van der Waals surface area (Å²) in [5.41, 5.74) is -0.974. The molecule has 0 aliphatic carbocycles. The van der Waals surface area contributed by atoms with Gasteiger partial charge in [0, 0.05) is 6.08 Å². The van der Waals surface area contributed by atoms with E-state index in [0.29, 0.717) is 11.1 Å². The van der Waals surface area contributed by atoms with E-state index in [2.05, 4.69) is 0 Å². The molecule has 3 heterocycles. The average Bonchev–Trinajstić information content (AvgIpc) is 3.46. The van der Waals surface area contributed by atoms with Crippen molar-refractivity contribution < 1.29 is 93.4 Å². The maximum atomic E-state index is 13.4. The molecule has 5 rings (SSSR count). The Balaban J connectivity index is 1.42. The monoisotopic (exact) mass is 784 g/mol. The molecule has 9 N–H and O–H groups in total. The molecule has 0 saturated carbocycles. The zero-order chi connectivity index (χ0) is 40.0. The molecular formula is C36H48O19. The van der Waals surface area contributed by atoms with Crippen molar-refractivity contribution in [3.63, 3.8) is 0 Å². The van der Waals surface area contributed by atoms with Gasteiger partial charge in [-0.3, -0.25) is 0 Å². The van der Waals surface area contributed by atoms with E-state index in [0.717, 1.165) is 6.08 Å². The van der Waals surface area contributed by atoms with Gasteiger partial charge < -0.3 is 88.6 Å². The summed E-state index contributed by atoms with van der Waals surface area (Å²) in [6, 6.07) is 9.00. The Morgan fingerprint density at radius 2 is 1.60 bits per heavy atom. The van der Waals surface area contributed by atoms with Crippen molar-refractivity contribution in [2.24, 2.45) is 0 Å². The Morgan fingerprint density at radius 1 is 0.855 bits per heavy atom. The number of rotatable bonds is 15. The van der Waals surface area contributed by atoms with Gasteiger partial charge in [0.1, 0.15) is 48.3 Å². The Bertz CT molecular complexity index is 1610. The van der Waals surface area contributed by atoms with Crippen molar-refractivity contribution in [1.82, 2.24) is 0 Å². The minimum atomic E-state index is -2.04. The molecule has 306 valence electrons. The molecule has 13 unspecified atom stereocenters. The SMILES string of the molecule is COc1ccc(CCOC2OC(COC3OCC(O)(CO)C3O)C(OC(=O)C=Cc3ccc(O)c(OC)c3)C(OC3OC(C)C(O)C(O)C3O)C2O)cc1O. The number of phenolic OH excluding ortho intramolecular Hbond substituents is 2. The van der Waals surface area contributed by atoms with E-state index >= 15 is 0 Å². The summed E-state index contributed by atoms with van der Waals surface area (Å²) in [6.07, 6.45) is -16.4. The van der Waals surface area contributed by atoms with Gasteiger partial charge in [0.25, 0.3) is 0 Å². The number of hydrogen-bond donors (Lipinski definition) is 9.